The first kappa shape index (κ1) is 18.0. The first-order valence-electron chi connectivity index (χ1n) is 8.03. The molecule has 1 saturated heterocycles. The molecule has 1 aliphatic rings. The molecule has 128 valence electrons. The summed E-state index contributed by atoms with van der Waals surface area (Å²) in [6, 6.07) is 2.35. The van der Waals surface area contributed by atoms with E-state index in [9.17, 15) is 4.79 Å². The minimum Gasteiger partial charge on any atom is -0.444 e. The smallest absolute Gasteiger partial charge is 0.410 e. The normalized spacial score (nSPS) is 16.3. The Morgan fingerprint density at radius 3 is 2.48 bits per heavy atom. The highest BCUT2D eigenvalue weighted by Crippen LogP contribution is 2.27. The third kappa shape index (κ3) is 5.09. The van der Waals surface area contributed by atoms with Crippen molar-refractivity contribution in [2.45, 2.75) is 59.1 Å². The summed E-state index contributed by atoms with van der Waals surface area (Å²) in [6.07, 6.45) is 3.69. The number of nitrogens with zero attached hydrogens (tertiary/aromatic N) is 3. The molecule has 0 aromatic carbocycles. The summed E-state index contributed by atoms with van der Waals surface area (Å²) >= 11 is 3.46. The Balaban J connectivity index is 2.02. The minimum absolute atomic E-state index is 0.220. The van der Waals surface area contributed by atoms with Gasteiger partial charge in [0, 0.05) is 13.1 Å². The molecule has 0 saturated carbocycles. The lowest BCUT2D eigenvalue weighted by Crippen LogP contribution is -2.42. The van der Waals surface area contributed by atoms with E-state index in [1.165, 1.54) is 5.57 Å². The molecule has 1 fully saturated rings. The highest BCUT2D eigenvalue weighted by atomic mass is 79.9. The zero-order valence-corrected chi connectivity index (χ0v) is 16.2. The Bertz CT molecular complexity index is 589. The average Bonchev–Trinajstić information content (AvgIpc) is 2.77. The lowest BCUT2D eigenvalue weighted by molar-refractivity contribution is 0.0184. The Labute approximate surface area is 146 Å². The van der Waals surface area contributed by atoms with E-state index in [1.807, 2.05) is 26.8 Å². The van der Waals surface area contributed by atoms with Gasteiger partial charge in [-0.2, -0.15) is 5.10 Å². The van der Waals surface area contributed by atoms with Crippen molar-refractivity contribution in [3.63, 3.8) is 0 Å². The number of carbonyl (C=O) groups excluding carboxylic acids is 1. The Hall–Kier alpha value is -1.30. The van der Waals surface area contributed by atoms with Crippen molar-refractivity contribution >= 4 is 28.1 Å². The van der Waals surface area contributed by atoms with Crippen molar-refractivity contribution in [1.29, 1.82) is 0 Å². The number of aromatic nitrogens is 2. The predicted molar refractivity (Wildman–Crippen MR) is 95.3 cm³/mol. The summed E-state index contributed by atoms with van der Waals surface area (Å²) < 4.78 is 8.37. The van der Waals surface area contributed by atoms with E-state index < -0.39 is 5.60 Å². The molecule has 1 amide bonds. The molecule has 0 unspecified atom stereocenters. The number of amides is 1. The third-order valence-corrected chi connectivity index (χ3v) is 4.02. The maximum atomic E-state index is 12.1. The van der Waals surface area contributed by atoms with Gasteiger partial charge in [0.2, 0.25) is 0 Å². The van der Waals surface area contributed by atoms with Crippen molar-refractivity contribution in [3.05, 3.63) is 21.9 Å². The molecule has 0 radical (unpaired) electrons. The van der Waals surface area contributed by atoms with Crippen LogP contribution in [0.25, 0.3) is 6.08 Å². The van der Waals surface area contributed by atoms with Crippen LogP contribution in [0.3, 0.4) is 0 Å². The molecule has 0 spiro atoms. The van der Waals surface area contributed by atoms with Gasteiger partial charge in [0.05, 0.1) is 11.7 Å². The zero-order valence-electron chi connectivity index (χ0n) is 14.6. The Kier molecular flexibility index (Phi) is 5.55. The predicted octanol–water partition coefficient (Wildman–Crippen LogP) is 4.64. The van der Waals surface area contributed by atoms with Crippen LogP contribution in [0.15, 0.2) is 16.2 Å². The molecule has 6 heteroatoms. The van der Waals surface area contributed by atoms with Crippen molar-refractivity contribution in [1.82, 2.24) is 14.7 Å². The van der Waals surface area contributed by atoms with Gasteiger partial charge in [0.25, 0.3) is 0 Å². The molecular formula is C17H26BrN3O2. The van der Waals surface area contributed by atoms with Crippen molar-refractivity contribution in [2.75, 3.05) is 13.1 Å². The molecule has 2 rings (SSSR count). The van der Waals surface area contributed by atoms with E-state index in [4.69, 9.17) is 4.74 Å². The van der Waals surface area contributed by atoms with E-state index in [2.05, 4.69) is 45.6 Å². The van der Waals surface area contributed by atoms with E-state index in [-0.39, 0.29) is 6.09 Å². The van der Waals surface area contributed by atoms with Crippen LogP contribution in [0.1, 0.15) is 59.2 Å². The quantitative estimate of drug-likeness (QED) is 0.746. The number of likely N-dealkylation sites (tertiary alicyclic amines) is 1. The summed E-state index contributed by atoms with van der Waals surface area (Å²) in [5.41, 5.74) is 1.90. The van der Waals surface area contributed by atoms with Crippen LogP contribution in [0, 0.1) is 0 Å². The largest absolute Gasteiger partial charge is 0.444 e. The average molecular weight is 384 g/mol. The van der Waals surface area contributed by atoms with Crippen molar-refractivity contribution in [2.24, 2.45) is 0 Å². The van der Waals surface area contributed by atoms with Crippen LogP contribution in [0.4, 0.5) is 4.79 Å². The second-order valence-electron chi connectivity index (χ2n) is 7.26. The number of hydrogen-bond donors (Lipinski definition) is 0. The molecule has 1 aromatic rings. The molecule has 2 heterocycles. The lowest BCUT2D eigenvalue weighted by Gasteiger charge is -2.33. The second-order valence-corrected chi connectivity index (χ2v) is 8.07. The fourth-order valence-electron chi connectivity index (χ4n) is 2.69. The summed E-state index contributed by atoms with van der Waals surface area (Å²) in [7, 11) is 0. The van der Waals surface area contributed by atoms with Gasteiger partial charge in [-0.1, -0.05) is 5.57 Å². The number of halogens is 1. The van der Waals surface area contributed by atoms with E-state index in [0.717, 1.165) is 23.1 Å². The van der Waals surface area contributed by atoms with Crippen LogP contribution in [-0.4, -0.2) is 39.5 Å². The summed E-state index contributed by atoms with van der Waals surface area (Å²) in [5.74, 6) is 0. The molecule has 0 atom stereocenters. The fourth-order valence-corrected chi connectivity index (χ4v) is 3.10. The maximum Gasteiger partial charge on any atom is 0.410 e. The van der Waals surface area contributed by atoms with Crippen molar-refractivity contribution < 1.29 is 9.53 Å². The molecule has 23 heavy (non-hydrogen) atoms. The highest BCUT2D eigenvalue weighted by Gasteiger charge is 2.28. The van der Waals surface area contributed by atoms with Gasteiger partial charge in [0.15, 0.2) is 0 Å². The summed E-state index contributed by atoms with van der Waals surface area (Å²) in [6.45, 7) is 11.2. The van der Waals surface area contributed by atoms with Gasteiger partial charge >= 0.3 is 6.09 Å². The van der Waals surface area contributed by atoms with Gasteiger partial charge in [-0.05, 0) is 75.5 Å². The van der Waals surface area contributed by atoms with Crippen LogP contribution >= 0.6 is 15.9 Å². The van der Waals surface area contributed by atoms with Gasteiger partial charge < -0.3 is 9.64 Å². The topological polar surface area (TPSA) is 47.4 Å². The monoisotopic (exact) mass is 383 g/mol. The van der Waals surface area contributed by atoms with E-state index in [1.54, 1.807) is 4.90 Å². The van der Waals surface area contributed by atoms with Crippen LogP contribution in [0.2, 0.25) is 0 Å². The van der Waals surface area contributed by atoms with Crippen LogP contribution in [0.5, 0.6) is 0 Å². The molecule has 0 bridgehead atoms. The molecule has 5 nitrogen and oxygen atoms in total. The molecule has 1 aliphatic heterocycles. The van der Waals surface area contributed by atoms with Gasteiger partial charge in [-0.15, -0.1) is 0 Å². The number of hydrogen-bond acceptors (Lipinski definition) is 3. The van der Waals surface area contributed by atoms with E-state index in [0.29, 0.717) is 19.1 Å². The first-order valence-corrected chi connectivity index (χ1v) is 8.83. The van der Waals surface area contributed by atoms with Crippen LogP contribution < -0.4 is 0 Å². The highest BCUT2D eigenvalue weighted by molar-refractivity contribution is 9.10. The van der Waals surface area contributed by atoms with Gasteiger partial charge in [0.1, 0.15) is 10.2 Å². The molecule has 1 aromatic heterocycles. The molecule has 0 aliphatic carbocycles. The summed E-state index contributed by atoms with van der Waals surface area (Å²) in [4.78, 5) is 13.9. The summed E-state index contributed by atoms with van der Waals surface area (Å²) in [5, 5.41) is 4.57. The minimum atomic E-state index is -0.447. The number of piperidine rings is 1. The SMILES string of the molecule is CC(C)=Cc1cc(Br)nn1C1CCN(C(=O)OC(C)(C)C)CC1. The maximum absolute atomic E-state index is 12.1. The zero-order chi connectivity index (χ0) is 17.2. The lowest BCUT2D eigenvalue weighted by atomic mass is 10.1. The number of allylic oxidation sites excluding steroid dienone is 1. The molecular weight excluding hydrogens is 358 g/mol. The molecule has 0 N–H and O–H groups in total. The number of ether oxygens (including phenoxy) is 1. The number of rotatable bonds is 2. The van der Waals surface area contributed by atoms with E-state index >= 15 is 0 Å². The standard InChI is InChI=1S/C17H26BrN3O2/c1-12(2)10-14-11-15(18)19-21(14)13-6-8-20(9-7-13)16(22)23-17(3,4)5/h10-11,13H,6-9H2,1-5H3. The first-order chi connectivity index (χ1) is 10.7. The van der Waals surface area contributed by atoms with Gasteiger partial charge in [-0.3, -0.25) is 4.68 Å². The Morgan fingerprint density at radius 1 is 1.35 bits per heavy atom. The van der Waals surface area contributed by atoms with Crippen LogP contribution in [-0.2, 0) is 4.74 Å². The second kappa shape index (κ2) is 7.07. The number of carbonyl (C=O) groups is 1. The van der Waals surface area contributed by atoms with Crippen molar-refractivity contribution in [3.8, 4) is 0 Å². The third-order valence-electron chi connectivity index (χ3n) is 3.63. The van der Waals surface area contributed by atoms with Gasteiger partial charge in [-0.25, -0.2) is 4.79 Å². The Morgan fingerprint density at radius 2 is 1.96 bits per heavy atom. The fraction of sp³-hybridized carbons (Fsp3) is 0.647.